The highest BCUT2D eigenvalue weighted by molar-refractivity contribution is 6.24. The maximum absolute atomic E-state index is 2.43. The lowest BCUT2D eigenvalue weighted by atomic mass is 9.89. The van der Waals surface area contributed by atoms with Crippen LogP contribution in [0.1, 0.15) is 12.5 Å². The van der Waals surface area contributed by atoms with Gasteiger partial charge in [0.25, 0.3) is 0 Å². The number of hydrogen-bond acceptors (Lipinski definition) is 1. The third-order valence-electron chi connectivity index (χ3n) is 11.0. The summed E-state index contributed by atoms with van der Waals surface area (Å²) in [5, 5.41) is 7.61. The molecule has 0 radical (unpaired) electrons. The second kappa shape index (κ2) is 13.3. The number of allylic oxidation sites excluding steroid dienone is 5. The van der Waals surface area contributed by atoms with Gasteiger partial charge in [-0.3, -0.25) is 0 Å². The van der Waals surface area contributed by atoms with Crippen molar-refractivity contribution < 1.29 is 0 Å². The molecule has 1 aliphatic rings. The molecule has 0 saturated carbocycles. The molecule has 1 unspecified atom stereocenters. The van der Waals surface area contributed by atoms with E-state index in [0.29, 0.717) is 0 Å². The number of rotatable bonds is 6. The molecule has 54 heavy (non-hydrogen) atoms. The van der Waals surface area contributed by atoms with Crippen molar-refractivity contribution >= 4 is 60.3 Å². The van der Waals surface area contributed by atoms with Gasteiger partial charge < -0.3 is 9.47 Å². The van der Waals surface area contributed by atoms with Crippen LogP contribution < -0.4 is 4.90 Å². The van der Waals surface area contributed by atoms with Gasteiger partial charge >= 0.3 is 0 Å². The summed E-state index contributed by atoms with van der Waals surface area (Å²) in [6, 6.07) is 65.9. The van der Waals surface area contributed by atoms with E-state index in [1.165, 1.54) is 65.6 Å². The lowest BCUT2D eigenvalue weighted by Crippen LogP contribution is -2.15. The van der Waals surface area contributed by atoms with Crippen LogP contribution >= 0.6 is 0 Å². The van der Waals surface area contributed by atoms with Gasteiger partial charge in [0, 0.05) is 33.5 Å². The fraction of sp³-hybridized carbons (Fsp3) is 0.0385. The van der Waals surface area contributed by atoms with E-state index in [4.69, 9.17) is 0 Å². The van der Waals surface area contributed by atoms with E-state index >= 15 is 0 Å². The molecule has 256 valence electrons. The average molecular weight is 691 g/mol. The summed E-state index contributed by atoms with van der Waals surface area (Å²) in [6.07, 6.45) is 9.24. The number of fused-ring (bicyclic) bond motifs is 6. The fourth-order valence-electron chi connectivity index (χ4n) is 8.44. The van der Waals surface area contributed by atoms with E-state index in [1.54, 1.807) is 0 Å². The van der Waals surface area contributed by atoms with Gasteiger partial charge in [-0.25, -0.2) is 0 Å². The molecule has 0 fully saturated rings. The highest BCUT2D eigenvalue weighted by atomic mass is 15.1. The molecule has 0 N–H and O–H groups in total. The Morgan fingerprint density at radius 1 is 0.481 bits per heavy atom. The second-order valence-corrected chi connectivity index (χ2v) is 14.2. The fourth-order valence-corrected chi connectivity index (χ4v) is 8.44. The summed E-state index contributed by atoms with van der Waals surface area (Å²) in [6.45, 7) is 2.32. The summed E-state index contributed by atoms with van der Waals surface area (Å²) >= 11 is 0. The molecule has 9 aromatic rings. The van der Waals surface area contributed by atoms with E-state index in [9.17, 15) is 0 Å². The van der Waals surface area contributed by atoms with Gasteiger partial charge in [0.1, 0.15) is 0 Å². The van der Waals surface area contributed by atoms with Crippen molar-refractivity contribution in [2.45, 2.75) is 6.92 Å². The summed E-state index contributed by atoms with van der Waals surface area (Å²) in [4.78, 5) is 2.39. The molecule has 10 rings (SSSR count). The highest BCUT2D eigenvalue weighted by Crippen LogP contribution is 2.44. The van der Waals surface area contributed by atoms with Crippen LogP contribution in [0.2, 0.25) is 0 Å². The van der Waals surface area contributed by atoms with Crippen LogP contribution in [0.3, 0.4) is 0 Å². The molecule has 0 saturated heterocycles. The molecule has 1 aromatic heterocycles. The third-order valence-corrected chi connectivity index (χ3v) is 11.0. The monoisotopic (exact) mass is 690 g/mol. The van der Waals surface area contributed by atoms with Gasteiger partial charge in [0.05, 0.1) is 11.0 Å². The van der Waals surface area contributed by atoms with Crippen molar-refractivity contribution in [1.29, 1.82) is 0 Å². The quantitative estimate of drug-likeness (QED) is 0.169. The minimum absolute atomic E-state index is 0.181. The molecular weight excluding hydrogens is 653 g/mol. The number of anilines is 2. The minimum atomic E-state index is 0.181. The van der Waals surface area contributed by atoms with Gasteiger partial charge in [-0.15, -0.1) is 0 Å². The molecular formula is C52H38N2. The van der Waals surface area contributed by atoms with Gasteiger partial charge in [0.2, 0.25) is 0 Å². The van der Waals surface area contributed by atoms with Crippen LogP contribution in [0.25, 0.3) is 65.7 Å². The lowest BCUT2D eigenvalue weighted by Gasteiger charge is -2.27. The largest absolute Gasteiger partial charge is 0.310 e. The zero-order chi connectivity index (χ0) is 36.0. The third kappa shape index (κ3) is 5.35. The first-order valence-electron chi connectivity index (χ1n) is 18.8. The summed E-state index contributed by atoms with van der Waals surface area (Å²) in [7, 11) is 0. The van der Waals surface area contributed by atoms with Crippen molar-refractivity contribution in [3.8, 4) is 16.8 Å². The molecule has 0 aliphatic heterocycles. The van der Waals surface area contributed by atoms with Crippen molar-refractivity contribution in [1.82, 2.24) is 4.57 Å². The maximum Gasteiger partial charge on any atom is 0.0547 e. The van der Waals surface area contributed by atoms with E-state index < -0.39 is 0 Å². The molecule has 0 spiro atoms. The van der Waals surface area contributed by atoms with Gasteiger partial charge in [-0.2, -0.15) is 0 Å². The SMILES string of the molecule is CC1C=CC=C(N(c2ccccc2)c2ccc(-c3cccc4ccccc34)cc2)C=C1c1cccc2c1c1c3ccccc3ccc1n2-c1ccccc1. The Morgan fingerprint density at radius 3 is 1.89 bits per heavy atom. The Bertz CT molecular complexity index is 2920. The predicted octanol–water partition coefficient (Wildman–Crippen LogP) is 14.1. The molecule has 2 nitrogen and oxygen atoms in total. The standard InChI is InChI=1S/C52H38N2/c1-36-15-12-23-43(53(40-19-4-2-5-20-40)42-32-29-39(30-33-42)45-26-13-18-37-16-8-10-24-44(37)45)35-48(36)47-27-14-28-49-52(47)51-46-25-11-9-17-38(46)31-34-50(51)54(49)41-21-6-3-7-22-41/h2-36H,1H3. The van der Waals surface area contributed by atoms with Gasteiger partial charge in [-0.1, -0.05) is 153 Å². The van der Waals surface area contributed by atoms with E-state index in [-0.39, 0.29) is 5.92 Å². The molecule has 2 heteroatoms. The van der Waals surface area contributed by atoms with E-state index in [2.05, 4.69) is 223 Å². The first-order valence-corrected chi connectivity index (χ1v) is 18.8. The van der Waals surface area contributed by atoms with Crippen molar-refractivity contribution in [2.24, 2.45) is 5.92 Å². The van der Waals surface area contributed by atoms with Crippen LogP contribution in [0.15, 0.2) is 212 Å². The second-order valence-electron chi connectivity index (χ2n) is 14.2. The Hall–Kier alpha value is -6.90. The zero-order valence-corrected chi connectivity index (χ0v) is 30.1. The van der Waals surface area contributed by atoms with Crippen molar-refractivity contribution in [3.63, 3.8) is 0 Å². The zero-order valence-electron chi connectivity index (χ0n) is 30.1. The van der Waals surface area contributed by atoms with Gasteiger partial charge in [-0.05, 0) is 110 Å². The Labute approximate surface area is 315 Å². The first-order chi connectivity index (χ1) is 26.7. The lowest BCUT2D eigenvalue weighted by molar-refractivity contribution is 0.967. The van der Waals surface area contributed by atoms with Crippen LogP contribution in [-0.2, 0) is 0 Å². The molecule has 1 atom stereocenters. The summed E-state index contributed by atoms with van der Waals surface area (Å²) in [5.74, 6) is 0.181. The normalized spacial score (nSPS) is 14.4. The average Bonchev–Trinajstić information content (AvgIpc) is 3.47. The molecule has 0 amide bonds. The number of aromatic nitrogens is 1. The number of nitrogens with zero attached hydrogens (tertiary/aromatic N) is 2. The van der Waals surface area contributed by atoms with Crippen LogP contribution in [0, 0.1) is 5.92 Å². The number of hydrogen-bond donors (Lipinski definition) is 0. The molecule has 8 aromatic carbocycles. The Morgan fingerprint density at radius 2 is 1.09 bits per heavy atom. The van der Waals surface area contributed by atoms with Crippen LogP contribution in [0.4, 0.5) is 11.4 Å². The number of para-hydroxylation sites is 2. The summed E-state index contributed by atoms with van der Waals surface area (Å²) < 4.78 is 2.43. The molecule has 1 heterocycles. The highest BCUT2D eigenvalue weighted by Gasteiger charge is 2.23. The molecule has 0 bridgehead atoms. The Balaban J connectivity index is 1.17. The van der Waals surface area contributed by atoms with E-state index in [1.807, 2.05) is 0 Å². The van der Waals surface area contributed by atoms with E-state index in [0.717, 1.165) is 22.8 Å². The topological polar surface area (TPSA) is 8.17 Å². The molecule has 1 aliphatic carbocycles. The Kier molecular flexibility index (Phi) is 7.81. The number of benzene rings is 8. The maximum atomic E-state index is 2.43. The van der Waals surface area contributed by atoms with Crippen LogP contribution in [-0.4, -0.2) is 4.57 Å². The van der Waals surface area contributed by atoms with Crippen LogP contribution in [0.5, 0.6) is 0 Å². The van der Waals surface area contributed by atoms with Crippen molar-refractivity contribution in [2.75, 3.05) is 4.90 Å². The predicted molar refractivity (Wildman–Crippen MR) is 231 cm³/mol. The van der Waals surface area contributed by atoms with Crippen molar-refractivity contribution in [3.05, 3.63) is 218 Å². The smallest absolute Gasteiger partial charge is 0.0547 e. The first kappa shape index (κ1) is 31.8. The van der Waals surface area contributed by atoms with Gasteiger partial charge in [0.15, 0.2) is 0 Å². The summed E-state index contributed by atoms with van der Waals surface area (Å²) in [5.41, 5.74) is 11.9. The minimum Gasteiger partial charge on any atom is -0.310 e.